The summed E-state index contributed by atoms with van der Waals surface area (Å²) >= 11 is 1.57. The van der Waals surface area contributed by atoms with Gasteiger partial charge in [0.2, 0.25) is 5.91 Å². The number of hydrogen-bond donors (Lipinski definition) is 1. The van der Waals surface area contributed by atoms with Crippen LogP contribution in [0.3, 0.4) is 0 Å². The predicted molar refractivity (Wildman–Crippen MR) is 118 cm³/mol. The monoisotopic (exact) mass is 452 g/mol. The second-order valence-electron chi connectivity index (χ2n) is 7.93. The third-order valence-corrected chi connectivity index (χ3v) is 6.58. The van der Waals surface area contributed by atoms with Crippen LogP contribution in [-0.2, 0) is 17.8 Å². The van der Waals surface area contributed by atoms with Gasteiger partial charge in [-0.05, 0) is 42.0 Å². The smallest absolute Gasteiger partial charge is 0.281 e. The van der Waals surface area contributed by atoms with Crippen molar-refractivity contribution in [3.63, 3.8) is 0 Å². The van der Waals surface area contributed by atoms with Gasteiger partial charge in [-0.25, -0.2) is 14.1 Å². The van der Waals surface area contributed by atoms with Crippen LogP contribution in [0.1, 0.15) is 35.0 Å². The maximum absolute atomic E-state index is 13.2. The van der Waals surface area contributed by atoms with E-state index < -0.39 is 0 Å². The van der Waals surface area contributed by atoms with Gasteiger partial charge in [0.15, 0.2) is 11.2 Å². The summed E-state index contributed by atoms with van der Waals surface area (Å²) in [5.41, 5.74) is 1.02. The van der Waals surface area contributed by atoms with Crippen molar-refractivity contribution in [3.05, 3.63) is 74.2 Å². The third kappa shape index (κ3) is 4.18. The van der Waals surface area contributed by atoms with Crippen molar-refractivity contribution >= 4 is 28.4 Å². The third-order valence-electron chi connectivity index (χ3n) is 5.70. The van der Waals surface area contributed by atoms with E-state index in [9.17, 15) is 14.0 Å². The summed E-state index contributed by atoms with van der Waals surface area (Å²) in [4.78, 5) is 35.8. The summed E-state index contributed by atoms with van der Waals surface area (Å²) in [5, 5.41) is 10.0. The van der Waals surface area contributed by atoms with Crippen molar-refractivity contribution in [2.45, 2.75) is 31.7 Å². The molecule has 32 heavy (non-hydrogen) atoms. The highest BCUT2D eigenvalue weighted by molar-refractivity contribution is 7.10. The van der Waals surface area contributed by atoms with Gasteiger partial charge in [-0.3, -0.25) is 9.59 Å². The molecule has 0 bridgehead atoms. The SMILES string of the molecule is O=C(Cc1cccs1)N1CCC[C@@H](c2nc3c(nnn3Cc3ccc(F)cc3)c(=O)[nH]2)C1. The average molecular weight is 453 g/mol. The lowest BCUT2D eigenvalue weighted by Crippen LogP contribution is -2.40. The van der Waals surface area contributed by atoms with Crippen LogP contribution in [-0.4, -0.2) is 48.9 Å². The molecule has 8 nitrogen and oxygen atoms in total. The molecule has 1 aliphatic rings. The number of benzene rings is 1. The normalized spacial score (nSPS) is 16.5. The fourth-order valence-electron chi connectivity index (χ4n) is 4.05. The van der Waals surface area contributed by atoms with E-state index in [0.29, 0.717) is 37.5 Å². The quantitative estimate of drug-likeness (QED) is 0.502. The number of rotatable bonds is 5. The molecule has 1 aromatic carbocycles. The molecule has 164 valence electrons. The molecular formula is C22H21FN6O2S. The van der Waals surface area contributed by atoms with Crippen molar-refractivity contribution in [1.82, 2.24) is 29.9 Å². The zero-order valence-corrected chi connectivity index (χ0v) is 18.0. The Labute approximate surface area is 186 Å². The zero-order valence-electron chi connectivity index (χ0n) is 17.2. The Hall–Kier alpha value is -3.40. The van der Waals surface area contributed by atoms with E-state index in [1.54, 1.807) is 28.2 Å². The molecule has 1 atom stereocenters. The molecule has 0 unspecified atom stereocenters. The van der Waals surface area contributed by atoms with Crippen LogP contribution < -0.4 is 5.56 Å². The Morgan fingerprint density at radius 1 is 1.25 bits per heavy atom. The maximum atomic E-state index is 13.2. The topological polar surface area (TPSA) is 96.8 Å². The summed E-state index contributed by atoms with van der Waals surface area (Å²) in [6, 6.07) is 9.99. The highest BCUT2D eigenvalue weighted by atomic mass is 32.1. The summed E-state index contributed by atoms with van der Waals surface area (Å²) in [7, 11) is 0. The van der Waals surface area contributed by atoms with Crippen LogP contribution in [0.25, 0.3) is 11.2 Å². The van der Waals surface area contributed by atoms with Gasteiger partial charge < -0.3 is 9.88 Å². The molecule has 1 N–H and O–H groups in total. The van der Waals surface area contributed by atoms with E-state index in [2.05, 4.69) is 20.3 Å². The van der Waals surface area contributed by atoms with E-state index in [-0.39, 0.29) is 28.7 Å². The summed E-state index contributed by atoms with van der Waals surface area (Å²) < 4.78 is 14.7. The van der Waals surface area contributed by atoms with Crippen molar-refractivity contribution in [1.29, 1.82) is 0 Å². The Bertz CT molecular complexity index is 1300. The first-order valence-corrected chi connectivity index (χ1v) is 11.3. The van der Waals surface area contributed by atoms with Gasteiger partial charge in [-0.15, -0.1) is 16.4 Å². The number of aromatic nitrogens is 5. The number of nitrogens with zero attached hydrogens (tertiary/aromatic N) is 5. The number of aromatic amines is 1. The van der Waals surface area contributed by atoms with Gasteiger partial charge in [0.25, 0.3) is 5.56 Å². The molecule has 4 aromatic rings. The van der Waals surface area contributed by atoms with Gasteiger partial charge >= 0.3 is 0 Å². The van der Waals surface area contributed by atoms with E-state index in [1.165, 1.54) is 12.1 Å². The van der Waals surface area contributed by atoms with E-state index in [4.69, 9.17) is 0 Å². The minimum Gasteiger partial charge on any atom is -0.342 e. The molecule has 5 rings (SSSR count). The molecule has 1 fully saturated rings. The van der Waals surface area contributed by atoms with E-state index >= 15 is 0 Å². The lowest BCUT2D eigenvalue weighted by molar-refractivity contribution is -0.131. The van der Waals surface area contributed by atoms with Crippen LogP contribution in [0.2, 0.25) is 0 Å². The largest absolute Gasteiger partial charge is 0.342 e. The Kier molecular flexibility index (Phi) is 5.52. The van der Waals surface area contributed by atoms with Crippen LogP contribution in [0.5, 0.6) is 0 Å². The Morgan fingerprint density at radius 3 is 2.88 bits per heavy atom. The second kappa shape index (κ2) is 8.62. The molecule has 3 aromatic heterocycles. The van der Waals surface area contributed by atoms with Gasteiger partial charge in [0, 0.05) is 23.9 Å². The number of fused-ring (bicyclic) bond motifs is 1. The zero-order chi connectivity index (χ0) is 22.1. The number of likely N-dealkylation sites (tertiary alicyclic amines) is 1. The first-order valence-electron chi connectivity index (χ1n) is 10.4. The number of hydrogen-bond acceptors (Lipinski definition) is 6. The van der Waals surface area contributed by atoms with Crippen molar-refractivity contribution in [2.75, 3.05) is 13.1 Å². The number of halogens is 1. The minimum absolute atomic E-state index is 0.0673. The van der Waals surface area contributed by atoms with Gasteiger partial charge in [-0.2, -0.15) is 0 Å². The second-order valence-corrected chi connectivity index (χ2v) is 8.96. The van der Waals surface area contributed by atoms with Gasteiger partial charge in [-0.1, -0.05) is 23.4 Å². The number of carbonyl (C=O) groups is 1. The standard InChI is InChI=1S/C22H21FN6O2S/c23-16-7-5-14(6-8-16)12-29-21-19(26-27-29)22(31)25-20(24-21)15-3-1-9-28(13-15)18(30)11-17-4-2-10-32-17/h2,4-8,10,15H,1,3,9,11-13H2,(H,24,25,31)/t15-/m1/s1. The fourth-order valence-corrected chi connectivity index (χ4v) is 4.74. The molecule has 1 amide bonds. The average Bonchev–Trinajstić information content (AvgIpc) is 3.46. The number of thiophene rings is 1. The van der Waals surface area contributed by atoms with Gasteiger partial charge in [0.05, 0.1) is 13.0 Å². The van der Waals surface area contributed by atoms with Crippen molar-refractivity contribution < 1.29 is 9.18 Å². The predicted octanol–water partition coefficient (Wildman–Crippen LogP) is 2.71. The highest BCUT2D eigenvalue weighted by Gasteiger charge is 2.27. The molecule has 4 heterocycles. The summed E-state index contributed by atoms with van der Waals surface area (Å²) in [6.45, 7) is 1.54. The first-order chi connectivity index (χ1) is 15.6. The summed E-state index contributed by atoms with van der Waals surface area (Å²) in [5.74, 6) is 0.245. The molecule has 1 aliphatic heterocycles. The van der Waals surface area contributed by atoms with E-state index in [1.807, 2.05) is 22.4 Å². The molecule has 10 heteroatoms. The molecule has 0 saturated carbocycles. The highest BCUT2D eigenvalue weighted by Crippen LogP contribution is 2.25. The van der Waals surface area contributed by atoms with Crippen LogP contribution in [0, 0.1) is 5.82 Å². The van der Waals surface area contributed by atoms with Crippen LogP contribution >= 0.6 is 11.3 Å². The molecule has 0 aliphatic carbocycles. The number of carbonyl (C=O) groups excluding carboxylic acids is 1. The molecule has 1 saturated heterocycles. The van der Waals surface area contributed by atoms with Crippen LogP contribution in [0.4, 0.5) is 4.39 Å². The number of nitrogens with one attached hydrogen (secondary N) is 1. The lowest BCUT2D eigenvalue weighted by Gasteiger charge is -2.32. The Balaban J connectivity index is 1.39. The number of H-pyrrole nitrogens is 1. The molecule has 0 radical (unpaired) electrons. The molecular weight excluding hydrogens is 431 g/mol. The maximum Gasteiger partial charge on any atom is 0.281 e. The molecule has 0 spiro atoms. The minimum atomic E-state index is -0.350. The lowest BCUT2D eigenvalue weighted by atomic mass is 9.97. The fraction of sp³-hybridized carbons (Fsp3) is 0.318. The van der Waals surface area contributed by atoms with Crippen molar-refractivity contribution in [3.8, 4) is 0 Å². The number of piperidine rings is 1. The summed E-state index contributed by atoms with van der Waals surface area (Å²) in [6.07, 6.45) is 2.06. The first kappa shape index (κ1) is 20.5. The van der Waals surface area contributed by atoms with Gasteiger partial charge in [0.1, 0.15) is 11.6 Å². The van der Waals surface area contributed by atoms with Crippen molar-refractivity contribution in [2.24, 2.45) is 0 Å². The van der Waals surface area contributed by atoms with E-state index in [0.717, 1.165) is 23.3 Å². The number of amides is 1. The van der Waals surface area contributed by atoms with Crippen LogP contribution in [0.15, 0.2) is 46.6 Å². The Morgan fingerprint density at radius 2 is 2.09 bits per heavy atom.